The van der Waals surface area contributed by atoms with Crippen LogP contribution < -0.4 is 11.1 Å². The third-order valence-corrected chi connectivity index (χ3v) is 1.47. The minimum atomic E-state index is -0.302. The second-order valence-electron chi connectivity index (χ2n) is 2.19. The lowest BCUT2D eigenvalue weighted by Gasteiger charge is -2.00. The molecule has 1 aromatic rings. The van der Waals surface area contributed by atoms with E-state index >= 15 is 0 Å². The number of aromatic nitrogens is 1. The fourth-order valence-electron chi connectivity index (χ4n) is 0.761. The van der Waals surface area contributed by atoms with E-state index in [1.165, 1.54) is 19.2 Å². The van der Waals surface area contributed by atoms with E-state index in [-0.39, 0.29) is 16.8 Å². The Kier molecular flexibility index (Phi) is 2.50. The maximum Gasteiger partial charge on any atom is 0.269 e. The first-order valence-electron chi connectivity index (χ1n) is 3.28. The second-order valence-corrected chi connectivity index (χ2v) is 2.57. The van der Waals surface area contributed by atoms with Crippen molar-refractivity contribution >= 4 is 23.2 Å². The third-order valence-electron chi connectivity index (χ3n) is 1.28. The number of nitrogens with one attached hydrogen (secondary N) is 1. The number of hydrogen-bond donors (Lipinski definition) is 2. The second kappa shape index (κ2) is 3.40. The lowest BCUT2D eigenvalue weighted by molar-refractivity contribution is 0.0958. The van der Waals surface area contributed by atoms with Gasteiger partial charge in [0.25, 0.3) is 5.91 Å². The van der Waals surface area contributed by atoms with Crippen LogP contribution in [0, 0.1) is 0 Å². The van der Waals surface area contributed by atoms with Crippen molar-refractivity contribution in [2.75, 3.05) is 12.8 Å². The van der Waals surface area contributed by atoms with Crippen molar-refractivity contribution in [3.63, 3.8) is 0 Å². The van der Waals surface area contributed by atoms with Crippen LogP contribution in [0.3, 0.4) is 0 Å². The number of nitrogen functional groups attached to an aromatic ring is 1. The molecule has 1 rings (SSSR count). The van der Waals surface area contributed by atoms with Gasteiger partial charge in [-0.2, -0.15) is 0 Å². The molecule has 0 aliphatic heterocycles. The van der Waals surface area contributed by atoms with Gasteiger partial charge in [-0.1, -0.05) is 11.6 Å². The largest absolute Gasteiger partial charge is 0.399 e. The van der Waals surface area contributed by atoms with E-state index in [0.717, 1.165) is 0 Å². The molecule has 4 nitrogen and oxygen atoms in total. The van der Waals surface area contributed by atoms with Crippen molar-refractivity contribution in [2.24, 2.45) is 0 Å². The van der Waals surface area contributed by atoms with E-state index in [4.69, 9.17) is 17.3 Å². The maximum atomic E-state index is 11.0. The van der Waals surface area contributed by atoms with E-state index in [0.29, 0.717) is 5.69 Å². The topological polar surface area (TPSA) is 68.0 Å². The number of carbonyl (C=O) groups excluding carboxylic acids is 1. The van der Waals surface area contributed by atoms with Crippen LogP contribution in [0.1, 0.15) is 10.5 Å². The Morgan fingerprint density at radius 3 is 2.83 bits per heavy atom. The molecule has 1 amide bonds. The van der Waals surface area contributed by atoms with Gasteiger partial charge < -0.3 is 11.1 Å². The lowest BCUT2D eigenvalue weighted by Crippen LogP contribution is -2.19. The first kappa shape index (κ1) is 8.80. The summed E-state index contributed by atoms with van der Waals surface area (Å²) in [6.07, 6.45) is 0. The predicted octanol–water partition coefficient (Wildman–Crippen LogP) is 0.677. The highest BCUT2D eigenvalue weighted by molar-refractivity contribution is 6.29. The average Bonchev–Trinajstić information content (AvgIpc) is 2.01. The summed E-state index contributed by atoms with van der Waals surface area (Å²) in [6.45, 7) is 0. The Hall–Kier alpha value is -1.29. The van der Waals surface area contributed by atoms with E-state index in [9.17, 15) is 4.79 Å². The molecular weight excluding hydrogens is 178 g/mol. The van der Waals surface area contributed by atoms with Crippen LogP contribution in [-0.4, -0.2) is 17.9 Å². The molecule has 0 unspecified atom stereocenters. The summed E-state index contributed by atoms with van der Waals surface area (Å²) in [4.78, 5) is 14.8. The normalized spacial score (nSPS) is 9.50. The van der Waals surface area contributed by atoms with Crippen LogP contribution in [-0.2, 0) is 0 Å². The van der Waals surface area contributed by atoms with Crippen LogP contribution in [0.4, 0.5) is 5.69 Å². The molecule has 0 aliphatic rings. The standard InChI is InChI=1S/C7H8ClN3O/c1-10-7(12)5-2-4(9)3-6(8)11-5/h2-3H,1H3,(H2,9,11)(H,10,12). The lowest BCUT2D eigenvalue weighted by atomic mass is 10.3. The molecule has 0 radical (unpaired) electrons. The van der Waals surface area contributed by atoms with Gasteiger partial charge in [0, 0.05) is 12.7 Å². The number of anilines is 1. The molecule has 12 heavy (non-hydrogen) atoms. The maximum absolute atomic E-state index is 11.0. The molecule has 0 saturated heterocycles. The molecule has 1 heterocycles. The first-order chi connectivity index (χ1) is 5.63. The summed E-state index contributed by atoms with van der Waals surface area (Å²) in [7, 11) is 1.51. The highest BCUT2D eigenvalue weighted by Gasteiger charge is 2.05. The van der Waals surface area contributed by atoms with Crippen LogP contribution in [0.25, 0.3) is 0 Å². The van der Waals surface area contributed by atoms with E-state index in [1.54, 1.807) is 0 Å². The van der Waals surface area contributed by atoms with Crippen LogP contribution in [0.15, 0.2) is 12.1 Å². The molecule has 0 saturated carbocycles. The van der Waals surface area contributed by atoms with Gasteiger partial charge in [-0.15, -0.1) is 0 Å². The Bertz CT molecular complexity index is 293. The summed E-state index contributed by atoms with van der Waals surface area (Å²) in [5.74, 6) is -0.302. The number of rotatable bonds is 1. The Labute approximate surface area is 74.7 Å². The van der Waals surface area contributed by atoms with Gasteiger partial charge in [-0.3, -0.25) is 4.79 Å². The Balaban J connectivity index is 3.08. The molecule has 0 bridgehead atoms. The molecule has 0 aliphatic carbocycles. The van der Waals surface area contributed by atoms with Crippen molar-refractivity contribution in [3.05, 3.63) is 23.0 Å². The minimum absolute atomic E-state index is 0.216. The van der Waals surface area contributed by atoms with Crippen molar-refractivity contribution in [1.82, 2.24) is 10.3 Å². The number of nitrogens with zero attached hydrogens (tertiary/aromatic N) is 1. The van der Waals surface area contributed by atoms with Gasteiger partial charge in [0.2, 0.25) is 0 Å². The molecule has 3 N–H and O–H groups in total. The number of pyridine rings is 1. The summed E-state index contributed by atoms with van der Waals surface area (Å²) >= 11 is 5.58. The van der Waals surface area contributed by atoms with Gasteiger partial charge >= 0.3 is 0 Å². The smallest absolute Gasteiger partial charge is 0.269 e. The number of nitrogens with two attached hydrogens (primary N) is 1. The SMILES string of the molecule is CNC(=O)c1cc(N)cc(Cl)n1. The monoisotopic (exact) mass is 185 g/mol. The number of amides is 1. The molecular formula is C7H8ClN3O. The third kappa shape index (κ3) is 1.85. The highest BCUT2D eigenvalue weighted by atomic mass is 35.5. The molecule has 0 atom stereocenters. The fraction of sp³-hybridized carbons (Fsp3) is 0.143. The minimum Gasteiger partial charge on any atom is -0.399 e. The summed E-state index contributed by atoms with van der Waals surface area (Å²) in [5.41, 5.74) is 6.10. The van der Waals surface area contributed by atoms with Crippen LogP contribution in [0.2, 0.25) is 5.15 Å². The fourth-order valence-corrected chi connectivity index (χ4v) is 0.978. The van der Waals surface area contributed by atoms with Crippen molar-refractivity contribution in [3.8, 4) is 0 Å². The molecule has 64 valence electrons. The number of hydrogen-bond acceptors (Lipinski definition) is 3. The van der Waals surface area contributed by atoms with E-state index in [1.807, 2.05) is 0 Å². The van der Waals surface area contributed by atoms with Crippen molar-refractivity contribution in [2.45, 2.75) is 0 Å². The van der Waals surface area contributed by atoms with E-state index in [2.05, 4.69) is 10.3 Å². The zero-order valence-corrected chi connectivity index (χ0v) is 7.22. The van der Waals surface area contributed by atoms with Crippen LogP contribution >= 0.6 is 11.6 Å². The Morgan fingerprint density at radius 2 is 2.33 bits per heavy atom. The Morgan fingerprint density at radius 1 is 1.67 bits per heavy atom. The molecule has 0 spiro atoms. The zero-order valence-electron chi connectivity index (χ0n) is 6.47. The highest BCUT2D eigenvalue weighted by Crippen LogP contribution is 2.11. The van der Waals surface area contributed by atoms with Gasteiger partial charge in [-0.05, 0) is 12.1 Å². The quantitative estimate of drug-likeness (QED) is 0.633. The summed E-state index contributed by atoms with van der Waals surface area (Å²) < 4.78 is 0. The number of carbonyl (C=O) groups is 1. The first-order valence-corrected chi connectivity index (χ1v) is 3.66. The predicted molar refractivity (Wildman–Crippen MR) is 47.0 cm³/mol. The average molecular weight is 186 g/mol. The molecule has 0 aromatic carbocycles. The van der Waals surface area contributed by atoms with Gasteiger partial charge in [0.15, 0.2) is 0 Å². The summed E-state index contributed by atoms with van der Waals surface area (Å²) in [5, 5.41) is 2.64. The molecule has 1 aromatic heterocycles. The van der Waals surface area contributed by atoms with Crippen molar-refractivity contribution in [1.29, 1.82) is 0 Å². The van der Waals surface area contributed by atoms with Crippen LogP contribution in [0.5, 0.6) is 0 Å². The molecule has 5 heteroatoms. The summed E-state index contributed by atoms with van der Waals surface area (Å²) in [6, 6.07) is 2.94. The van der Waals surface area contributed by atoms with Gasteiger partial charge in [0.1, 0.15) is 10.8 Å². The van der Waals surface area contributed by atoms with Gasteiger partial charge in [0.05, 0.1) is 0 Å². The molecule has 0 fully saturated rings. The van der Waals surface area contributed by atoms with Gasteiger partial charge in [-0.25, -0.2) is 4.98 Å². The van der Waals surface area contributed by atoms with E-state index < -0.39 is 0 Å². The number of halogens is 1. The van der Waals surface area contributed by atoms with Crippen molar-refractivity contribution < 1.29 is 4.79 Å². The zero-order chi connectivity index (χ0) is 9.14.